The van der Waals surface area contributed by atoms with Crippen molar-refractivity contribution in [2.45, 2.75) is 25.7 Å². The average molecular weight is 442 g/mol. The smallest absolute Gasteiger partial charge is 0.270 e. The van der Waals surface area contributed by atoms with Crippen LogP contribution in [-0.2, 0) is 21.7 Å². The lowest BCUT2D eigenvalue weighted by molar-refractivity contribution is 0.493. The molecule has 1 unspecified atom stereocenters. The predicted molar refractivity (Wildman–Crippen MR) is 98.8 cm³/mol. The SMILES string of the molecule is CCN(c1c(C)nn(C)c1C)[S+](=O)(O)c1c(Cl)cc(Br)cc1Cl. The number of hydrogen-bond donors (Lipinski definition) is 1. The maximum absolute atomic E-state index is 13.2. The Balaban J connectivity index is 2.68. The molecule has 1 aromatic heterocycles. The van der Waals surface area contributed by atoms with Crippen LogP contribution in [0.4, 0.5) is 5.69 Å². The molecule has 0 amide bonds. The van der Waals surface area contributed by atoms with Gasteiger partial charge in [-0.1, -0.05) is 39.1 Å². The first-order valence-corrected chi connectivity index (χ1v) is 9.82. The number of aromatic nitrogens is 2. The highest BCUT2D eigenvalue weighted by Gasteiger charge is 2.44. The monoisotopic (exact) mass is 440 g/mol. The molecule has 0 spiro atoms. The molecule has 1 aromatic carbocycles. The molecule has 23 heavy (non-hydrogen) atoms. The Morgan fingerprint density at radius 1 is 1.35 bits per heavy atom. The normalized spacial score (nSPS) is 13.9. The summed E-state index contributed by atoms with van der Waals surface area (Å²) in [5, 5.41) is 4.58. The Morgan fingerprint density at radius 3 is 2.26 bits per heavy atom. The van der Waals surface area contributed by atoms with Crippen molar-refractivity contribution in [1.29, 1.82) is 0 Å². The number of benzene rings is 1. The van der Waals surface area contributed by atoms with Crippen molar-refractivity contribution >= 4 is 55.2 Å². The van der Waals surface area contributed by atoms with Gasteiger partial charge in [0.25, 0.3) is 4.90 Å². The first-order valence-electron chi connectivity index (χ1n) is 6.80. The van der Waals surface area contributed by atoms with E-state index in [9.17, 15) is 8.76 Å². The maximum atomic E-state index is 13.2. The van der Waals surface area contributed by atoms with Crippen LogP contribution in [-0.4, -0.2) is 20.9 Å². The molecule has 9 heteroatoms. The second-order valence-corrected chi connectivity index (χ2v) is 8.61. The fourth-order valence-electron chi connectivity index (χ4n) is 2.47. The lowest BCUT2D eigenvalue weighted by atomic mass is 10.3. The third kappa shape index (κ3) is 3.30. The zero-order valence-corrected chi connectivity index (χ0v) is 17.0. The summed E-state index contributed by atoms with van der Waals surface area (Å²) in [6.45, 7) is 5.73. The summed E-state index contributed by atoms with van der Waals surface area (Å²) in [6.07, 6.45) is 0. The van der Waals surface area contributed by atoms with Gasteiger partial charge in [0.1, 0.15) is 15.7 Å². The van der Waals surface area contributed by atoms with E-state index in [4.69, 9.17) is 23.2 Å². The van der Waals surface area contributed by atoms with E-state index in [1.54, 1.807) is 37.7 Å². The highest BCUT2D eigenvalue weighted by atomic mass is 79.9. The molecule has 0 aliphatic carbocycles. The van der Waals surface area contributed by atoms with Gasteiger partial charge in [0.05, 0.1) is 17.9 Å². The molecule has 0 aliphatic heterocycles. The third-order valence-electron chi connectivity index (χ3n) is 3.54. The molecule has 0 saturated carbocycles. The van der Waals surface area contributed by atoms with E-state index < -0.39 is 10.4 Å². The molecule has 5 nitrogen and oxygen atoms in total. The summed E-state index contributed by atoms with van der Waals surface area (Å²) in [4.78, 5) is 0.00790. The first-order chi connectivity index (χ1) is 10.6. The minimum absolute atomic E-state index is 0.00790. The summed E-state index contributed by atoms with van der Waals surface area (Å²) in [5.74, 6) is 0. The Kier molecular flexibility index (Phi) is 5.48. The van der Waals surface area contributed by atoms with Gasteiger partial charge in [0.15, 0.2) is 0 Å². The second-order valence-electron chi connectivity index (χ2n) is 5.03. The highest BCUT2D eigenvalue weighted by molar-refractivity contribution is 9.10. The largest absolute Gasteiger partial charge is 0.351 e. The zero-order chi connectivity index (χ0) is 17.5. The topological polar surface area (TPSA) is 58.4 Å². The predicted octanol–water partition coefficient (Wildman–Crippen LogP) is 4.88. The van der Waals surface area contributed by atoms with E-state index in [0.717, 1.165) is 5.69 Å². The molecule has 1 heterocycles. The average Bonchev–Trinajstić information content (AvgIpc) is 2.64. The minimum atomic E-state index is -3.67. The van der Waals surface area contributed by atoms with Gasteiger partial charge in [-0.2, -0.15) is 14.0 Å². The van der Waals surface area contributed by atoms with E-state index in [2.05, 4.69) is 21.0 Å². The van der Waals surface area contributed by atoms with Gasteiger partial charge < -0.3 is 0 Å². The van der Waals surface area contributed by atoms with Crippen LogP contribution < -0.4 is 4.31 Å². The number of halogens is 3. The highest BCUT2D eigenvalue weighted by Crippen LogP contribution is 2.40. The van der Waals surface area contributed by atoms with Crippen LogP contribution in [0.1, 0.15) is 18.3 Å². The Hall–Kier alpha value is -0.600. The first kappa shape index (κ1) is 18.7. The standard InChI is InChI=1S/C14H16BrCl2N3O2S/c1-5-20(13-8(2)18-19(4)9(13)3)23(21,22)14-11(16)6-10(15)7-12(14)17/h6-7H,5H2,1-4H3/p+1. The van der Waals surface area contributed by atoms with Gasteiger partial charge in [-0.05, 0) is 37.1 Å². The van der Waals surface area contributed by atoms with Crippen molar-refractivity contribution in [2.24, 2.45) is 7.05 Å². The molecule has 0 aliphatic rings. The molecule has 1 N–H and O–H groups in total. The lowest BCUT2D eigenvalue weighted by Gasteiger charge is -2.21. The summed E-state index contributed by atoms with van der Waals surface area (Å²) in [7, 11) is -1.88. The van der Waals surface area contributed by atoms with Gasteiger partial charge in [0, 0.05) is 11.5 Å². The summed E-state index contributed by atoms with van der Waals surface area (Å²) >= 11 is 15.7. The van der Waals surface area contributed by atoms with Crippen molar-refractivity contribution < 1.29 is 8.76 Å². The molecule has 0 saturated heterocycles. The van der Waals surface area contributed by atoms with E-state index in [1.807, 2.05) is 6.92 Å². The van der Waals surface area contributed by atoms with Crippen LogP contribution in [0.5, 0.6) is 0 Å². The number of hydrogen-bond acceptors (Lipinski definition) is 2. The number of nitrogens with zero attached hydrogens (tertiary/aromatic N) is 3. The fourth-order valence-corrected chi connectivity index (χ4v) is 5.99. The van der Waals surface area contributed by atoms with Gasteiger partial charge >= 0.3 is 10.4 Å². The summed E-state index contributed by atoms with van der Waals surface area (Å²) < 4.78 is 27.8. The molecule has 0 bridgehead atoms. The van der Waals surface area contributed by atoms with Gasteiger partial charge in [0.2, 0.25) is 0 Å². The van der Waals surface area contributed by atoms with Crippen molar-refractivity contribution in [2.75, 3.05) is 10.8 Å². The second kappa shape index (κ2) is 6.72. The summed E-state index contributed by atoms with van der Waals surface area (Å²) in [5.41, 5.74) is 2.06. The number of aryl methyl sites for hydroxylation is 2. The maximum Gasteiger partial charge on any atom is 0.351 e. The Morgan fingerprint density at radius 2 is 1.87 bits per heavy atom. The molecule has 2 aromatic rings. The van der Waals surface area contributed by atoms with Crippen LogP contribution >= 0.6 is 39.1 Å². The van der Waals surface area contributed by atoms with Crippen LogP contribution in [0.25, 0.3) is 0 Å². The van der Waals surface area contributed by atoms with Gasteiger partial charge in [-0.3, -0.25) is 4.68 Å². The number of rotatable bonds is 4. The molecular weight excluding hydrogens is 425 g/mol. The van der Waals surface area contributed by atoms with Crippen molar-refractivity contribution in [3.05, 3.63) is 38.0 Å². The molecule has 1 atom stereocenters. The van der Waals surface area contributed by atoms with Gasteiger partial charge in [-0.15, -0.1) is 0 Å². The van der Waals surface area contributed by atoms with Gasteiger partial charge in [-0.25, -0.2) is 0 Å². The van der Waals surface area contributed by atoms with Crippen molar-refractivity contribution in [3.63, 3.8) is 0 Å². The van der Waals surface area contributed by atoms with E-state index >= 15 is 0 Å². The molecular formula is C14H17BrCl2N3O2S+. The fraction of sp³-hybridized carbons (Fsp3) is 0.357. The summed E-state index contributed by atoms with van der Waals surface area (Å²) in [6, 6.07) is 3.10. The van der Waals surface area contributed by atoms with E-state index in [1.165, 1.54) is 4.31 Å². The minimum Gasteiger partial charge on any atom is -0.270 e. The molecule has 2 rings (SSSR count). The molecule has 0 radical (unpaired) electrons. The van der Waals surface area contributed by atoms with Crippen molar-refractivity contribution in [1.82, 2.24) is 9.78 Å². The molecule has 126 valence electrons. The van der Waals surface area contributed by atoms with E-state index in [0.29, 0.717) is 22.4 Å². The van der Waals surface area contributed by atoms with E-state index in [-0.39, 0.29) is 14.9 Å². The van der Waals surface area contributed by atoms with Crippen LogP contribution in [0, 0.1) is 13.8 Å². The molecule has 0 fully saturated rings. The van der Waals surface area contributed by atoms with Crippen molar-refractivity contribution in [3.8, 4) is 0 Å². The zero-order valence-electron chi connectivity index (χ0n) is 13.1. The number of anilines is 1. The Labute approximate surface area is 155 Å². The van der Waals surface area contributed by atoms with Crippen LogP contribution in [0.15, 0.2) is 21.5 Å². The quantitative estimate of drug-likeness (QED) is 0.687. The van der Waals surface area contributed by atoms with Crippen LogP contribution in [0.2, 0.25) is 10.0 Å². The van der Waals surface area contributed by atoms with Crippen LogP contribution in [0.3, 0.4) is 0 Å². The lowest BCUT2D eigenvalue weighted by Crippen LogP contribution is -2.37. The third-order valence-corrected chi connectivity index (χ3v) is 6.82. The Bertz CT molecular complexity index is 787.